The largest absolute Gasteiger partial charge is 0.459 e. The Morgan fingerprint density at radius 3 is 2.54 bits per heavy atom. The number of thiocarbonyl (C=S) groups is 1. The number of piperidine rings is 1. The van der Waals surface area contributed by atoms with Crippen LogP contribution in [0.2, 0.25) is 10.0 Å². The average Bonchev–Trinajstić information content (AvgIpc) is 3.56. The van der Waals surface area contributed by atoms with Gasteiger partial charge in [-0.2, -0.15) is 0 Å². The molecule has 4 aromatic rings. The Labute approximate surface area is 244 Å². The van der Waals surface area contributed by atoms with Gasteiger partial charge in [-0.1, -0.05) is 48.3 Å². The molecule has 6 rings (SSSR count). The number of benzene rings is 2. The lowest BCUT2D eigenvalue weighted by atomic mass is 9.98. The second-order valence-electron chi connectivity index (χ2n) is 10.4. The van der Waals surface area contributed by atoms with Crippen molar-refractivity contribution in [2.24, 2.45) is 5.92 Å². The molecule has 2 fully saturated rings. The number of furan rings is 1. The fourth-order valence-corrected chi connectivity index (χ4v) is 6.42. The van der Waals surface area contributed by atoms with Gasteiger partial charge in [-0.3, -0.25) is 4.98 Å². The van der Waals surface area contributed by atoms with Gasteiger partial charge in [0, 0.05) is 35.6 Å². The van der Waals surface area contributed by atoms with E-state index in [1.165, 1.54) is 12.8 Å². The van der Waals surface area contributed by atoms with Gasteiger partial charge in [0.15, 0.2) is 5.11 Å². The molecule has 5 nitrogen and oxygen atoms in total. The number of nitrogens with one attached hydrogen (secondary N) is 1. The van der Waals surface area contributed by atoms with Gasteiger partial charge >= 0.3 is 0 Å². The number of rotatable bonds is 5. The van der Waals surface area contributed by atoms with Crippen molar-refractivity contribution in [1.82, 2.24) is 10.3 Å². The molecule has 0 bridgehead atoms. The zero-order chi connectivity index (χ0) is 27.1. The van der Waals surface area contributed by atoms with E-state index in [2.05, 4.69) is 39.2 Å². The molecule has 2 atom stereocenters. The SMILES string of the molecule is Cc1c(Cl)cccc1-c1ccc([C@@H]2[C@@H](c3ccccn3)NC(=S)N2c2ccc(N3CCC(C)CC3)c(Cl)c2)o1. The van der Waals surface area contributed by atoms with Gasteiger partial charge in [0.1, 0.15) is 17.6 Å². The highest BCUT2D eigenvalue weighted by molar-refractivity contribution is 7.80. The molecule has 4 heterocycles. The van der Waals surface area contributed by atoms with Crippen molar-refractivity contribution in [3.05, 3.63) is 100.0 Å². The average molecular weight is 578 g/mol. The van der Waals surface area contributed by atoms with E-state index in [1.807, 2.05) is 61.5 Å². The molecule has 2 saturated heterocycles. The number of hydrogen-bond acceptors (Lipinski definition) is 4. The first-order valence-electron chi connectivity index (χ1n) is 13.3. The van der Waals surface area contributed by atoms with Gasteiger partial charge in [-0.05, 0) is 92.0 Å². The molecular formula is C31H30Cl2N4OS. The minimum Gasteiger partial charge on any atom is -0.459 e. The van der Waals surface area contributed by atoms with Gasteiger partial charge in [0.05, 0.1) is 22.4 Å². The van der Waals surface area contributed by atoms with Crippen molar-refractivity contribution in [3.63, 3.8) is 0 Å². The molecule has 2 aliphatic heterocycles. The number of anilines is 2. The van der Waals surface area contributed by atoms with Crippen LogP contribution in [0, 0.1) is 12.8 Å². The summed E-state index contributed by atoms with van der Waals surface area (Å²) in [6, 6.07) is 21.5. The summed E-state index contributed by atoms with van der Waals surface area (Å²) in [6.45, 7) is 6.36. The van der Waals surface area contributed by atoms with Crippen LogP contribution in [-0.2, 0) is 0 Å². The van der Waals surface area contributed by atoms with Crippen LogP contribution in [0.4, 0.5) is 11.4 Å². The summed E-state index contributed by atoms with van der Waals surface area (Å²) in [5, 5.41) is 5.53. The number of halogens is 2. The third-order valence-corrected chi connectivity index (χ3v) is 8.91. The molecule has 2 aromatic heterocycles. The molecule has 39 heavy (non-hydrogen) atoms. The zero-order valence-electron chi connectivity index (χ0n) is 21.9. The Bertz CT molecular complexity index is 1500. The van der Waals surface area contributed by atoms with E-state index in [-0.39, 0.29) is 12.1 Å². The van der Waals surface area contributed by atoms with E-state index in [9.17, 15) is 0 Å². The van der Waals surface area contributed by atoms with Crippen molar-refractivity contribution in [2.45, 2.75) is 38.8 Å². The topological polar surface area (TPSA) is 44.5 Å². The van der Waals surface area contributed by atoms with Crippen LogP contribution in [0.25, 0.3) is 11.3 Å². The highest BCUT2D eigenvalue weighted by Gasteiger charge is 2.43. The predicted octanol–water partition coefficient (Wildman–Crippen LogP) is 8.37. The maximum atomic E-state index is 6.91. The van der Waals surface area contributed by atoms with Crippen LogP contribution in [0.15, 0.2) is 77.3 Å². The van der Waals surface area contributed by atoms with Gasteiger partial charge in [0.2, 0.25) is 0 Å². The fraction of sp³-hybridized carbons (Fsp3) is 0.290. The number of pyridine rings is 1. The first-order chi connectivity index (χ1) is 18.9. The molecule has 8 heteroatoms. The van der Waals surface area contributed by atoms with E-state index in [0.717, 1.165) is 63.7 Å². The quantitative estimate of drug-likeness (QED) is 0.241. The monoisotopic (exact) mass is 576 g/mol. The van der Waals surface area contributed by atoms with Gasteiger partial charge in [0.25, 0.3) is 0 Å². The maximum absolute atomic E-state index is 6.91. The number of aromatic nitrogens is 1. The Morgan fingerprint density at radius 1 is 0.974 bits per heavy atom. The summed E-state index contributed by atoms with van der Waals surface area (Å²) in [5.41, 5.74) is 4.81. The summed E-state index contributed by atoms with van der Waals surface area (Å²) >= 11 is 19.2. The first kappa shape index (κ1) is 26.2. The molecule has 0 unspecified atom stereocenters. The lowest BCUT2D eigenvalue weighted by Gasteiger charge is -2.33. The maximum Gasteiger partial charge on any atom is 0.174 e. The normalized spacial score (nSPS) is 19.9. The van der Waals surface area contributed by atoms with E-state index >= 15 is 0 Å². The lowest BCUT2D eigenvalue weighted by Crippen LogP contribution is -2.33. The summed E-state index contributed by atoms with van der Waals surface area (Å²) in [5.74, 6) is 2.29. The molecule has 0 radical (unpaired) electrons. The van der Waals surface area contributed by atoms with Gasteiger partial charge < -0.3 is 19.5 Å². The number of nitrogens with zero attached hydrogens (tertiary/aromatic N) is 3. The summed E-state index contributed by atoms with van der Waals surface area (Å²) in [4.78, 5) is 9.12. The number of hydrogen-bond donors (Lipinski definition) is 1. The van der Waals surface area contributed by atoms with Crippen molar-refractivity contribution in [2.75, 3.05) is 22.9 Å². The smallest absolute Gasteiger partial charge is 0.174 e. The molecule has 0 aliphatic carbocycles. The molecule has 0 amide bonds. The molecule has 1 N–H and O–H groups in total. The highest BCUT2D eigenvalue weighted by atomic mass is 35.5. The van der Waals surface area contributed by atoms with Crippen LogP contribution in [0.5, 0.6) is 0 Å². The van der Waals surface area contributed by atoms with Crippen LogP contribution in [0.3, 0.4) is 0 Å². The zero-order valence-corrected chi connectivity index (χ0v) is 24.2. The first-order valence-corrected chi connectivity index (χ1v) is 14.5. The Morgan fingerprint density at radius 2 is 1.79 bits per heavy atom. The Balaban J connectivity index is 1.39. The van der Waals surface area contributed by atoms with Crippen LogP contribution < -0.4 is 15.1 Å². The second kappa shape index (κ2) is 10.8. The molecule has 0 spiro atoms. The van der Waals surface area contributed by atoms with E-state index in [0.29, 0.717) is 10.1 Å². The fourth-order valence-electron chi connectivity index (χ4n) is 5.60. The second-order valence-corrected chi connectivity index (χ2v) is 11.6. The molecule has 0 saturated carbocycles. The van der Waals surface area contributed by atoms with E-state index < -0.39 is 0 Å². The standard InChI is InChI=1S/C31H30Cl2N4OS/c1-19-13-16-36(17-14-19)26-10-9-21(18-24(26)33)37-30(29(35-31(37)39)25-8-3-4-15-34-25)28-12-11-27(38-28)22-6-5-7-23(32)20(22)2/h3-12,15,18-19,29-30H,13-14,16-17H2,1-2H3,(H,35,39)/t29-,30-/m1/s1. The predicted molar refractivity (Wildman–Crippen MR) is 164 cm³/mol. The van der Waals surface area contributed by atoms with Gasteiger partial charge in [-0.15, -0.1) is 0 Å². The van der Waals surface area contributed by atoms with Crippen molar-refractivity contribution in [3.8, 4) is 11.3 Å². The molecular weight excluding hydrogens is 547 g/mol. The Hall–Kier alpha value is -3.06. The van der Waals surface area contributed by atoms with Crippen LogP contribution in [0.1, 0.15) is 48.9 Å². The Kier molecular flexibility index (Phi) is 7.27. The van der Waals surface area contributed by atoms with Crippen LogP contribution >= 0.6 is 35.4 Å². The highest BCUT2D eigenvalue weighted by Crippen LogP contribution is 2.45. The summed E-state index contributed by atoms with van der Waals surface area (Å²) in [7, 11) is 0. The minimum atomic E-state index is -0.265. The summed E-state index contributed by atoms with van der Waals surface area (Å²) < 4.78 is 6.53. The van der Waals surface area contributed by atoms with Crippen molar-refractivity contribution < 1.29 is 4.42 Å². The van der Waals surface area contributed by atoms with Crippen LogP contribution in [-0.4, -0.2) is 23.2 Å². The molecule has 200 valence electrons. The van der Waals surface area contributed by atoms with Crippen molar-refractivity contribution in [1.29, 1.82) is 0 Å². The van der Waals surface area contributed by atoms with Crippen molar-refractivity contribution >= 4 is 51.9 Å². The summed E-state index contributed by atoms with van der Waals surface area (Å²) in [6.07, 6.45) is 4.16. The van der Waals surface area contributed by atoms with E-state index in [1.54, 1.807) is 6.20 Å². The van der Waals surface area contributed by atoms with E-state index in [4.69, 9.17) is 39.8 Å². The molecule has 2 aromatic carbocycles. The lowest BCUT2D eigenvalue weighted by molar-refractivity contribution is 0.438. The third-order valence-electron chi connectivity index (χ3n) is 7.88. The molecule has 2 aliphatic rings. The minimum absolute atomic E-state index is 0.208. The third kappa shape index (κ3) is 5.02. The van der Waals surface area contributed by atoms with Gasteiger partial charge in [-0.25, -0.2) is 0 Å².